The molecule has 0 spiro atoms. The van der Waals surface area contributed by atoms with Crippen LogP contribution in [0.3, 0.4) is 0 Å². The van der Waals surface area contributed by atoms with Gasteiger partial charge in [-0.25, -0.2) is 0 Å². The molecule has 2 fully saturated rings. The van der Waals surface area contributed by atoms with Gasteiger partial charge in [-0.05, 0) is 39.5 Å². The number of halogens is 4. The van der Waals surface area contributed by atoms with Crippen molar-refractivity contribution < 1.29 is 60.8 Å². The lowest BCUT2D eigenvalue weighted by atomic mass is 10.1. The van der Waals surface area contributed by atoms with Crippen LogP contribution in [0, 0.1) is 0 Å². The van der Waals surface area contributed by atoms with Crippen molar-refractivity contribution in [3.63, 3.8) is 0 Å². The molecule has 11 nitrogen and oxygen atoms in total. The molecule has 15 heteroatoms. The van der Waals surface area contributed by atoms with Gasteiger partial charge >= 0.3 is 23.8 Å². The first-order chi connectivity index (χ1) is 22.2. The number of rotatable bonds is 20. The third-order valence-corrected chi connectivity index (χ3v) is 7.66. The second kappa shape index (κ2) is 23.5. The van der Waals surface area contributed by atoms with Crippen LogP contribution in [0.4, 0.5) is 17.6 Å². The van der Waals surface area contributed by atoms with Crippen molar-refractivity contribution in [3.05, 3.63) is 13.2 Å². The molecule has 3 atom stereocenters. The monoisotopic (exact) mass is 686 g/mol. The molecular formula is C32H54F4N2O9. The van der Waals surface area contributed by atoms with E-state index in [9.17, 15) is 36.7 Å². The van der Waals surface area contributed by atoms with Gasteiger partial charge in [0.2, 0.25) is 0 Å². The number of hydrogen-bond donors (Lipinski definition) is 1. The smallest absolute Gasteiger partial charge is 0.326 e. The summed E-state index contributed by atoms with van der Waals surface area (Å²) in [5, 5.41) is 9.04. The Labute approximate surface area is 275 Å². The third kappa shape index (κ3) is 16.3. The fraction of sp³-hybridized carbons (Fsp3) is 0.812. The van der Waals surface area contributed by atoms with E-state index in [-0.39, 0.29) is 31.6 Å². The molecule has 2 aliphatic rings. The van der Waals surface area contributed by atoms with Crippen LogP contribution in [-0.4, -0.2) is 116 Å². The van der Waals surface area contributed by atoms with Gasteiger partial charge in [0.25, 0.3) is 11.8 Å². The summed E-state index contributed by atoms with van der Waals surface area (Å²) < 4.78 is 73.6. The average molecular weight is 687 g/mol. The maximum Gasteiger partial charge on any atom is 0.326 e. The fourth-order valence-corrected chi connectivity index (χ4v) is 5.16. The molecule has 0 radical (unpaired) electrons. The first-order valence-corrected chi connectivity index (χ1v) is 16.1. The van der Waals surface area contributed by atoms with Gasteiger partial charge in [-0.3, -0.25) is 19.2 Å². The SMILES string of the molecule is C=C.CCOC(C)OC[C@H]1CC(F)(F)C(=O)N1CCCCCCC(=O)OC.COC(=O)CCCCCCN1C(=O)C(F)(F)C[C@@H]1CO. The molecular weight excluding hydrogens is 632 g/mol. The van der Waals surface area contributed by atoms with Crippen LogP contribution in [0.5, 0.6) is 0 Å². The zero-order valence-electron chi connectivity index (χ0n) is 28.3. The molecule has 0 aromatic heterocycles. The second-order valence-corrected chi connectivity index (χ2v) is 11.1. The summed E-state index contributed by atoms with van der Waals surface area (Å²) >= 11 is 0. The van der Waals surface area contributed by atoms with Crippen LogP contribution in [0.25, 0.3) is 0 Å². The predicted molar refractivity (Wildman–Crippen MR) is 166 cm³/mol. The fourth-order valence-electron chi connectivity index (χ4n) is 5.16. The number of likely N-dealkylation sites (tertiary alicyclic amines) is 2. The van der Waals surface area contributed by atoms with Crippen LogP contribution >= 0.6 is 0 Å². The van der Waals surface area contributed by atoms with Gasteiger partial charge in [0.05, 0.1) is 39.5 Å². The van der Waals surface area contributed by atoms with E-state index in [4.69, 9.17) is 14.6 Å². The first kappa shape index (κ1) is 44.2. The summed E-state index contributed by atoms with van der Waals surface area (Å²) in [6.45, 7) is 10.1. The van der Waals surface area contributed by atoms with Gasteiger partial charge < -0.3 is 33.9 Å². The lowest BCUT2D eigenvalue weighted by Gasteiger charge is -2.25. The molecule has 274 valence electrons. The van der Waals surface area contributed by atoms with Gasteiger partial charge in [0.1, 0.15) is 0 Å². The molecule has 0 aliphatic carbocycles. The summed E-state index contributed by atoms with van der Waals surface area (Å²) in [4.78, 5) is 47.5. The summed E-state index contributed by atoms with van der Waals surface area (Å²) in [5.74, 6) is -9.51. The number of methoxy groups -OCH3 is 2. The number of unbranched alkanes of at least 4 members (excludes halogenated alkanes) is 6. The first-order valence-electron chi connectivity index (χ1n) is 16.1. The number of hydrogen-bond acceptors (Lipinski definition) is 9. The minimum Gasteiger partial charge on any atom is -0.469 e. The molecule has 0 aromatic carbocycles. The molecule has 47 heavy (non-hydrogen) atoms. The Hall–Kier alpha value is -2.78. The summed E-state index contributed by atoms with van der Waals surface area (Å²) in [6, 6.07) is -1.42. The molecule has 1 N–H and O–H groups in total. The van der Waals surface area contributed by atoms with E-state index in [1.165, 1.54) is 19.1 Å². The van der Waals surface area contributed by atoms with Gasteiger partial charge in [-0.1, -0.05) is 25.7 Å². The lowest BCUT2D eigenvalue weighted by Crippen LogP contribution is -2.39. The number of aliphatic hydroxyl groups excluding tert-OH is 1. The summed E-state index contributed by atoms with van der Waals surface area (Å²) in [5.41, 5.74) is 0. The number of ether oxygens (including phenoxy) is 4. The van der Waals surface area contributed by atoms with Gasteiger partial charge in [-0.15, -0.1) is 13.2 Å². The Kier molecular flexibility index (Phi) is 22.1. The Bertz CT molecular complexity index is 942. The van der Waals surface area contributed by atoms with Crippen LogP contribution < -0.4 is 0 Å². The van der Waals surface area contributed by atoms with Crippen molar-refractivity contribution in [2.75, 3.05) is 47.1 Å². The third-order valence-electron chi connectivity index (χ3n) is 7.66. The van der Waals surface area contributed by atoms with E-state index in [1.54, 1.807) is 6.92 Å². The van der Waals surface area contributed by atoms with E-state index in [0.717, 1.165) is 30.6 Å². The van der Waals surface area contributed by atoms with Crippen LogP contribution in [0.2, 0.25) is 0 Å². The van der Waals surface area contributed by atoms with Crippen molar-refractivity contribution in [2.45, 2.75) is 121 Å². The zero-order chi connectivity index (χ0) is 36.0. The van der Waals surface area contributed by atoms with Crippen molar-refractivity contribution in [3.8, 4) is 0 Å². The summed E-state index contributed by atoms with van der Waals surface area (Å²) in [6.07, 6.45) is 4.70. The largest absolute Gasteiger partial charge is 0.469 e. The highest BCUT2D eigenvalue weighted by molar-refractivity contribution is 5.86. The summed E-state index contributed by atoms with van der Waals surface area (Å²) in [7, 11) is 2.67. The highest BCUT2D eigenvalue weighted by Crippen LogP contribution is 2.35. The van der Waals surface area contributed by atoms with Gasteiger partial charge in [-0.2, -0.15) is 17.6 Å². The molecule has 1 unspecified atom stereocenters. The standard InChI is InChI=1S/C17H29F2NO5.C13H21F2NO4.C2H4/c1-4-24-13(2)25-12-14-11-17(18,19)16(22)20(14)10-8-6-5-7-9-15(21)23-3;1-20-11(18)6-4-2-3-5-7-16-10(9-17)8-13(14,15)12(16)19;1-2/h13-14H,4-12H2,1-3H3;10,17H,2-9H2,1H3;1-2H2/t13?,14-;10-;/m11./s1. The van der Waals surface area contributed by atoms with E-state index in [0.29, 0.717) is 45.1 Å². The maximum atomic E-state index is 13.7. The molecule has 2 rings (SSSR count). The number of esters is 2. The Balaban J connectivity index is 0.000000874. The Morgan fingerprint density at radius 3 is 1.60 bits per heavy atom. The number of amides is 2. The minimum atomic E-state index is -3.35. The van der Waals surface area contributed by atoms with E-state index in [1.807, 2.05) is 6.92 Å². The number of nitrogens with zero attached hydrogens (tertiary/aromatic N) is 2. The molecule has 2 amide bonds. The molecule has 2 aliphatic heterocycles. The number of carbonyl (C=O) groups is 4. The maximum absolute atomic E-state index is 13.7. The van der Waals surface area contributed by atoms with Crippen molar-refractivity contribution in [1.29, 1.82) is 0 Å². The number of carbonyl (C=O) groups excluding carboxylic acids is 4. The lowest BCUT2D eigenvalue weighted by molar-refractivity contribution is -0.150. The van der Waals surface area contributed by atoms with E-state index >= 15 is 0 Å². The molecule has 2 saturated heterocycles. The van der Waals surface area contributed by atoms with Crippen molar-refractivity contribution in [1.82, 2.24) is 9.80 Å². The van der Waals surface area contributed by atoms with E-state index < -0.39 is 61.5 Å². The topological polar surface area (TPSA) is 132 Å². The highest BCUT2D eigenvalue weighted by atomic mass is 19.3. The highest BCUT2D eigenvalue weighted by Gasteiger charge is 2.53. The second-order valence-electron chi connectivity index (χ2n) is 11.1. The quantitative estimate of drug-likeness (QED) is 0.0626. The predicted octanol–water partition coefficient (Wildman–Crippen LogP) is 4.89. The zero-order valence-corrected chi connectivity index (χ0v) is 28.3. The van der Waals surface area contributed by atoms with Crippen molar-refractivity contribution in [2.24, 2.45) is 0 Å². The van der Waals surface area contributed by atoms with Crippen LogP contribution in [-0.2, 0) is 38.1 Å². The van der Waals surface area contributed by atoms with Crippen molar-refractivity contribution >= 4 is 23.8 Å². The van der Waals surface area contributed by atoms with Crippen LogP contribution in [0.1, 0.15) is 90.9 Å². The normalized spacial score (nSPS) is 20.2. The molecule has 2 heterocycles. The van der Waals surface area contributed by atoms with E-state index in [2.05, 4.69) is 22.6 Å². The Morgan fingerprint density at radius 1 is 0.787 bits per heavy atom. The number of alkyl halides is 4. The number of aliphatic hydroxyl groups is 1. The van der Waals surface area contributed by atoms with Crippen LogP contribution in [0.15, 0.2) is 13.2 Å². The Morgan fingerprint density at radius 2 is 1.19 bits per heavy atom. The van der Waals surface area contributed by atoms with Gasteiger partial charge in [0, 0.05) is 45.4 Å². The molecule has 0 aromatic rings. The molecule has 0 saturated carbocycles. The average Bonchev–Trinajstić information content (AvgIpc) is 3.41. The minimum absolute atomic E-state index is 0.0326. The van der Waals surface area contributed by atoms with Gasteiger partial charge in [0.15, 0.2) is 6.29 Å². The molecule has 0 bridgehead atoms.